The lowest BCUT2D eigenvalue weighted by Gasteiger charge is -2.28. The van der Waals surface area contributed by atoms with Crippen molar-refractivity contribution in [3.05, 3.63) is 29.8 Å². The lowest BCUT2D eigenvalue weighted by atomic mass is 9.84. The number of anilines is 1. The number of carbonyl (C=O) groups excluding carboxylic acids is 3. The van der Waals surface area contributed by atoms with Gasteiger partial charge in [0, 0.05) is 0 Å². The number of para-hydroxylation sites is 1. The van der Waals surface area contributed by atoms with Crippen LogP contribution in [0.1, 0.15) is 50.5 Å². The van der Waals surface area contributed by atoms with Gasteiger partial charge in [0.25, 0.3) is 5.91 Å². The lowest BCUT2D eigenvalue weighted by molar-refractivity contribution is -0.137. The van der Waals surface area contributed by atoms with Crippen molar-refractivity contribution in [2.45, 2.75) is 56.7 Å². The van der Waals surface area contributed by atoms with Crippen LogP contribution in [0.5, 0.6) is 0 Å². The second kappa shape index (κ2) is 7.81. The molecule has 28 heavy (non-hydrogen) atoms. The van der Waals surface area contributed by atoms with Crippen molar-refractivity contribution in [3.63, 3.8) is 0 Å². The molecule has 9 heteroatoms. The average Bonchev–Trinajstić information content (AvgIpc) is 2.83. The van der Waals surface area contributed by atoms with Crippen molar-refractivity contribution < 1.29 is 27.6 Å². The van der Waals surface area contributed by atoms with Gasteiger partial charge in [-0.2, -0.15) is 13.2 Å². The summed E-state index contributed by atoms with van der Waals surface area (Å²) < 4.78 is 39.2. The summed E-state index contributed by atoms with van der Waals surface area (Å²) >= 11 is 0. The van der Waals surface area contributed by atoms with Gasteiger partial charge in [-0.15, -0.1) is 0 Å². The van der Waals surface area contributed by atoms with E-state index in [0.717, 1.165) is 49.1 Å². The monoisotopic (exact) mass is 397 g/mol. The zero-order valence-electron chi connectivity index (χ0n) is 15.3. The third kappa shape index (κ3) is 4.13. The number of alkyl halides is 3. The summed E-state index contributed by atoms with van der Waals surface area (Å²) in [5.41, 5.74) is -2.40. The Labute approximate surface area is 160 Å². The molecule has 1 heterocycles. The van der Waals surface area contributed by atoms with Gasteiger partial charge in [0.15, 0.2) is 0 Å². The molecule has 1 aliphatic carbocycles. The number of nitrogens with zero attached hydrogens (tertiary/aromatic N) is 1. The fraction of sp³-hybridized carbons (Fsp3) is 0.526. The Morgan fingerprint density at radius 2 is 1.68 bits per heavy atom. The number of urea groups is 1. The molecule has 2 aliphatic rings. The highest BCUT2D eigenvalue weighted by atomic mass is 19.4. The first-order valence-electron chi connectivity index (χ1n) is 9.33. The minimum absolute atomic E-state index is 0.410. The standard InChI is InChI=1S/C19H22F3N3O3/c20-19(21,22)13-8-4-5-9-14(13)23-15(26)12-25-16(27)18(24-17(25)28)10-6-2-1-3-7-11-18/h4-5,8-9H,1-3,6-7,10-12H2,(H,23,26)(H,24,28). The highest BCUT2D eigenvalue weighted by Crippen LogP contribution is 2.35. The van der Waals surface area contributed by atoms with Gasteiger partial charge < -0.3 is 10.6 Å². The van der Waals surface area contributed by atoms with Crippen molar-refractivity contribution in [2.24, 2.45) is 0 Å². The van der Waals surface area contributed by atoms with E-state index < -0.39 is 47.4 Å². The molecule has 6 nitrogen and oxygen atoms in total. The Bertz CT molecular complexity index is 771. The normalized spacial score (nSPS) is 19.9. The Balaban J connectivity index is 1.71. The molecule has 1 aromatic carbocycles. The quantitative estimate of drug-likeness (QED) is 0.764. The molecule has 1 spiro atoms. The van der Waals surface area contributed by atoms with Crippen LogP contribution in [0.4, 0.5) is 23.7 Å². The van der Waals surface area contributed by atoms with Gasteiger partial charge in [-0.3, -0.25) is 14.5 Å². The minimum atomic E-state index is -4.63. The van der Waals surface area contributed by atoms with Crippen LogP contribution in [0.3, 0.4) is 0 Å². The van der Waals surface area contributed by atoms with E-state index in [1.807, 2.05) is 0 Å². The molecule has 3 rings (SSSR count). The number of carbonyl (C=O) groups is 3. The van der Waals surface area contributed by atoms with Crippen LogP contribution >= 0.6 is 0 Å². The predicted molar refractivity (Wildman–Crippen MR) is 95.4 cm³/mol. The van der Waals surface area contributed by atoms with Gasteiger partial charge in [0.2, 0.25) is 5.91 Å². The van der Waals surface area contributed by atoms with Crippen molar-refractivity contribution >= 4 is 23.5 Å². The largest absolute Gasteiger partial charge is 0.418 e. The van der Waals surface area contributed by atoms with E-state index in [4.69, 9.17) is 0 Å². The molecular formula is C19H22F3N3O3. The molecule has 2 fully saturated rings. The summed E-state index contributed by atoms with van der Waals surface area (Å²) in [6, 6.07) is 3.89. The molecule has 0 atom stereocenters. The Kier molecular flexibility index (Phi) is 5.62. The van der Waals surface area contributed by atoms with Crippen LogP contribution in [0.25, 0.3) is 0 Å². The third-order valence-corrected chi connectivity index (χ3v) is 5.26. The van der Waals surface area contributed by atoms with Crippen LogP contribution in [-0.4, -0.2) is 34.8 Å². The number of benzene rings is 1. The molecule has 1 saturated heterocycles. The Hall–Kier alpha value is -2.58. The molecule has 1 aliphatic heterocycles. The van der Waals surface area contributed by atoms with Gasteiger partial charge in [-0.25, -0.2) is 4.79 Å². The molecule has 2 N–H and O–H groups in total. The average molecular weight is 397 g/mol. The maximum Gasteiger partial charge on any atom is 0.418 e. The van der Waals surface area contributed by atoms with Gasteiger partial charge in [0.1, 0.15) is 12.1 Å². The number of halogens is 3. The van der Waals surface area contributed by atoms with E-state index in [9.17, 15) is 27.6 Å². The van der Waals surface area contributed by atoms with Crippen molar-refractivity contribution in [2.75, 3.05) is 11.9 Å². The van der Waals surface area contributed by atoms with Crippen molar-refractivity contribution in [1.29, 1.82) is 0 Å². The topological polar surface area (TPSA) is 78.5 Å². The summed E-state index contributed by atoms with van der Waals surface area (Å²) in [7, 11) is 0. The number of imide groups is 1. The van der Waals surface area contributed by atoms with Crippen LogP contribution in [-0.2, 0) is 15.8 Å². The molecule has 152 valence electrons. The highest BCUT2D eigenvalue weighted by Gasteiger charge is 2.50. The number of rotatable bonds is 3. The summed E-state index contributed by atoms with van der Waals surface area (Å²) in [5.74, 6) is -1.33. The fourth-order valence-electron chi connectivity index (χ4n) is 3.84. The Morgan fingerprint density at radius 1 is 1.07 bits per heavy atom. The highest BCUT2D eigenvalue weighted by molar-refractivity contribution is 6.10. The lowest BCUT2D eigenvalue weighted by Crippen LogP contribution is -2.47. The summed E-state index contributed by atoms with van der Waals surface area (Å²) in [6.45, 7) is -0.626. The molecule has 0 aromatic heterocycles. The first-order chi connectivity index (χ1) is 13.2. The smallest absolute Gasteiger partial charge is 0.324 e. The van der Waals surface area contributed by atoms with Gasteiger partial charge >= 0.3 is 12.2 Å². The molecule has 4 amide bonds. The fourth-order valence-corrected chi connectivity index (χ4v) is 3.84. The number of nitrogens with one attached hydrogen (secondary N) is 2. The molecule has 1 aromatic rings. The molecular weight excluding hydrogens is 375 g/mol. The van der Waals surface area contributed by atoms with Crippen LogP contribution in [0, 0.1) is 0 Å². The van der Waals surface area contributed by atoms with Crippen molar-refractivity contribution in [3.8, 4) is 0 Å². The molecule has 0 unspecified atom stereocenters. The second-order valence-corrected chi connectivity index (χ2v) is 7.26. The maximum absolute atomic E-state index is 13.1. The van der Waals surface area contributed by atoms with Crippen LogP contribution in [0.2, 0.25) is 0 Å². The molecule has 0 radical (unpaired) electrons. The van der Waals surface area contributed by atoms with Crippen molar-refractivity contribution in [1.82, 2.24) is 10.2 Å². The summed E-state index contributed by atoms with van der Waals surface area (Å²) in [4.78, 5) is 38.2. The number of amides is 4. The van der Waals surface area contributed by atoms with E-state index in [0.29, 0.717) is 12.8 Å². The molecule has 0 bridgehead atoms. The third-order valence-electron chi connectivity index (χ3n) is 5.26. The van der Waals surface area contributed by atoms with E-state index in [-0.39, 0.29) is 0 Å². The first kappa shape index (κ1) is 20.2. The number of hydrogen-bond donors (Lipinski definition) is 2. The SMILES string of the molecule is O=C(CN1C(=O)NC2(CCCCCCC2)C1=O)Nc1ccccc1C(F)(F)F. The maximum atomic E-state index is 13.1. The second-order valence-electron chi connectivity index (χ2n) is 7.26. The zero-order valence-corrected chi connectivity index (χ0v) is 15.3. The van der Waals surface area contributed by atoms with E-state index in [1.165, 1.54) is 12.1 Å². The minimum Gasteiger partial charge on any atom is -0.324 e. The summed E-state index contributed by atoms with van der Waals surface area (Å²) in [5, 5.41) is 4.89. The van der Waals surface area contributed by atoms with Gasteiger partial charge in [-0.05, 0) is 25.0 Å². The van der Waals surface area contributed by atoms with E-state index in [1.54, 1.807) is 0 Å². The predicted octanol–water partition coefficient (Wildman–Crippen LogP) is 3.68. The zero-order chi connectivity index (χ0) is 20.4. The first-order valence-corrected chi connectivity index (χ1v) is 9.33. The van der Waals surface area contributed by atoms with Gasteiger partial charge in [-0.1, -0.05) is 44.2 Å². The Morgan fingerprint density at radius 3 is 2.32 bits per heavy atom. The van der Waals surface area contributed by atoms with Crippen LogP contribution < -0.4 is 10.6 Å². The number of hydrogen-bond acceptors (Lipinski definition) is 3. The van der Waals surface area contributed by atoms with E-state index >= 15 is 0 Å². The van der Waals surface area contributed by atoms with E-state index in [2.05, 4.69) is 10.6 Å². The van der Waals surface area contributed by atoms with Crippen LogP contribution in [0.15, 0.2) is 24.3 Å². The van der Waals surface area contributed by atoms with Gasteiger partial charge in [0.05, 0.1) is 11.3 Å². The summed E-state index contributed by atoms with van der Waals surface area (Å²) in [6.07, 6.45) is 1.00. The molecule has 1 saturated carbocycles.